The number of fused-ring (bicyclic) bond motifs is 1. The molecule has 0 amide bonds. The van der Waals surface area contributed by atoms with E-state index in [1.54, 1.807) is 28.4 Å². The van der Waals surface area contributed by atoms with Crippen LogP contribution in [0.5, 0.6) is 23.0 Å². The van der Waals surface area contributed by atoms with Crippen LogP contribution >= 0.6 is 0 Å². The summed E-state index contributed by atoms with van der Waals surface area (Å²) in [4.78, 5) is 25.0. The second kappa shape index (κ2) is 19.1. The first-order valence-corrected chi connectivity index (χ1v) is 18.9. The normalized spacial score (nSPS) is 19.1. The fraction of sp³-hybridized carbons (Fsp3) is 0.488. The first-order valence-electron chi connectivity index (χ1n) is 18.9. The third-order valence-electron chi connectivity index (χ3n) is 11.0. The quantitative estimate of drug-likeness (QED) is 0.0694. The summed E-state index contributed by atoms with van der Waals surface area (Å²) in [6.45, 7) is 9.24. The summed E-state index contributed by atoms with van der Waals surface area (Å²) >= 11 is 0. The summed E-state index contributed by atoms with van der Waals surface area (Å²) in [5, 5.41) is 0. The second-order valence-corrected chi connectivity index (χ2v) is 14.6. The molecule has 2 aliphatic rings. The number of nitrogens with zero attached hydrogens (tertiary/aromatic N) is 2. The van der Waals surface area contributed by atoms with E-state index < -0.39 is 11.9 Å². The van der Waals surface area contributed by atoms with Crippen molar-refractivity contribution in [1.29, 1.82) is 0 Å². The maximum absolute atomic E-state index is 12.6. The van der Waals surface area contributed by atoms with Gasteiger partial charge < -0.3 is 42.1 Å². The van der Waals surface area contributed by atoms with Crippen LogP contribution in [-0.2, 0) is 43.2 Å². The number of aryl methyl sites for hydroxylation is 1. The van der Waals surface area contributed by atoms with Crippen LogP contribution in [-0.4, -0.2) is 116 Å². The van der Waals surface area contributed by atoms with Crippen molar-refractivity contribution in [3.63, 3.8) is 0 Å². The molecule has 0 N–H and O–H groups in total. The van der Waals surface area contributed by atoms with Gasteiger partial charge in [0.25, 0.3) is 0 Å². The summed E-state index contributed by atoms with van der Waals surface area (Å²) in [7, 11) is 8.87. The molecule has 3 aromatic rings. The van der Waals surface area contributed by atoms with E-state index in [0.717, 1.165) is 84.5 Å². The average molecular weight is 747 g/mol. The van der Waals surface area contributed by atoms with E-state index in [9.17, 15) is 9.59 Å². The lowest BCUT2D eigenvalue weighted by atomic mass is 9.85. The van der Waals surface area contributed by atoms with Gasteiger partial charge in [-0.15, -0.1) is 0 Å². The Morgan fingerprint density at radius 3 is 1.91 bits per heavy atom. The van der Waals surface area contributed by atoms with Gasteiger partial charge in [0, 0.05) is 49.0 Å². The van der Waals surface area contributed by atoms with Crippen molar-refractivity contribution in [2.75, 3.05) is 94.6 Å². The first-order chi connectivity index (χ1) is 26.1. The molecule has 0 unspecified atom stereocenters. The van der Waals surface area contributed by atoms with Crippen LogP contribution in [0.15, 0.2) is 66.7 Å². The van der Waals surface area contributed by atoms with Crippen molar-refractivity contribution in [3.8, 4) is 23.0 Å². The SMILES string of the molecule is COc1ccc(C[C@@H]2c3ccc(C)cc3CC[N@@+]2(C)CCCOC(=O)/C=C\C(=O)OCCC[N+]2(Cc3ccc(OC)c(OC)c3)CCOCC2)cc1OC. The van der Waals surface area contributed by atoms with Gasteiger partial charge in [0.1, 0.15) is 25.7 Å². The number of hydrogen-bond acceptors (Lipinski definition) is 9. The highest BCUT2D eigenvalue weighted by atomic mass is 16.5. The lowest BCUT2D eigenvalue weighted by Crippen LogP contribution is -2.55. The monoisotopic (exact) mass is 746 g/mol. The van der Waals surface area contributed by atoms with Crippen LogP contribution in [0.3, 0.4) is 0 Å². The number of hydrogen-bond donors (Lipinski definition) is 0. The Labute approximate surface area is 320 Å². The highest BCUT2D eigenvalue weighted by Crippen LogP contribution is 2.39. The molecular weight excluding hydrogens is 688 g/mol. The molecule has 11 nitrogen and oxygen atoms in total. The van der Waals surface area contributed by atoms with Crippen LogP contribution in [0.1, 0.15) is 46.7 Å². The summed E-state index contributed by atoms with van der Waals surface area (Å²) in [5.41, 5.74) is 6.35. The molecule has 54 heavy (non-hydrogen) atoms. The molecule has 0 aromatic heterocycles. The Bertz CT molecular complexity index is 1750. The predicted octanol–water partition coefficient (Wildman–Crippen LogP) is 5.79. The topological polar surface area (TPSA) is 98.8 Å². The van der Waals surface area contributed by atoms with Crippen LogP contribution < -0.4 is 18.9 Å². The number of rotatable bonds is 18. The Balaban J connectivity index is 1.09. The van der Waals surface area contributed by atoms with Gasteiger partial charge in [-0.2, -0.15) is 0 Å². The fourth-order valence-electron chi connectivity index (χ4n) is 7.93. The molecule has 0 aliphatic carbocycles. The minimum Gasteiger partial charge on any atom is -0.493 e. The maximum Gasteiger partial charge on any atom is 0.331 e. The molecule has 0 radical (unpaired) electrons. The van der Waals surface area contributed by atoms with Gasteiger partial charge >= 0.3 is 11.9 Å². The van der Waals surface area contributed by atoms with Crippen LogP contribution in [0.25, 0.3) is 0 Å². The first kappa shape index (κ1) is 40.6. The van der Waals surface area contributed by atoms with Gasteiger partial charge in [-0.3, -0.25) is 0 Å². The molecule has 2 heterocycles. The third-order valence-corrected chi connectivity index (χ3v) is 11.0. The number of benzene rings is 3. The maximum atomic E-state index is 12.6. The number of carbonyl (C=O) groups is 2. The molecule has 3 aromatic carbocycles. The zero-order valence-electron chi connectivity index (χ0n) is 32.9. The van der Waals surface area contributed by atoms with Crippen LogP contribution in [0, 0.1) is 6.92 Å². The summed E-state index contributed by atoms with van der Waals surface area (Å²) in [5.74, 6) is 1.73. The third kappa shape index (κ3) is 10.5. The van der Waals surface area contributed by atoms with Gasteiger partial charge in [-0.25, -0.2) is 9.59 Å². The Morgan fingerprint density at radius 1 is 0.722 bits per heavy atom. The molecule has 1 fully saturated rings. The smallest absolute Gasteiger partial charge is 0.331 e. The van der Waals surface area contributed by atoms with Crippen molar-refractivity contribution in [2.24, 2.45) is 0 Å². The molecule has 292 valence electrons. The zero-order valence-corrected chi connectivity index (χ0v) is 32.9. The molecule has 2 atom stereocenters. The minimum atomic E-state index is -0.557. The molecule has 0 spiro atoms. The molecule has 1 saturated heterocycles. The summed E-state index contributed by atoms with van der Waals surface area (Å²) in [6.07, 6.45) is 5.52. The van der Waals surface area contributed by atoms with Crippen molar-refractivity contribution < 1.29 is 51.7 Å². The Hall–Kier alpha value is -4.58. The van der Waals surface area contributed by atoms with Crippen molar-refractivity contribution in [1.82, 2.24) is 0 Å². The number of likely N-dealkylation sites (N-methyl/N-ethyl adjacent to an activating group) is 1. The Morgan fingerprint density at radius 2 is 1.30 bits per heavy atom. The van der Waals surface area contributed by atoms with Gasteiger partial charge in [-0.05, 0) is 48.4 Å². The largest absolute Gasteiger partial charge is 0.493 e. The number of morpholine rings is 1. The van der Waals surface area contributed by atoms with E-state index in [-0.39, 0.29) is 19.3 Å². The summed E-state index contributed by atoms with van der Waals surface area (Å²) < 4.78 is 40.3. The highest BCUT2D eigenvalue weighted by molar-refractivity contribution is 5.91. The highest BCUT2D eigenvalue weighted by Gasteiger charge is 2.39. The number of methoxy groups -OCH3 is 4. The van der Waals surface area contributed by atoms with E-state index in [2.05, 4.69) is 50.4 Å². The second-order valence-electron chi connectivity index (χ2n) is 14.6. The van der Waals surface area contributed by atoms with Gasteiger partial charge in [-0.1, -0.05) is 29.8 Å². The standard InChI is InChI=1S/C43H58N2O9/c1-32-9-12-36-35(27-32)17-20-44(2,37(36)28-33-10-13-38(48-3)40(29-33)50-5)18-7-23-53-42(46)15-16-43(47)54-24-8-19-45(21-25-52-26-22-45)31-34-11-14-39(49-4)41(30-34)51-6/h9-16,27,29-30,37H,7-8,17-26,28,31H2,1-6H3/q+2/b16-15-/t37-,44-/m1/s1. The molecule has 2 aliphatic heterocycles. The van der Waals surface area contributed by atoms with Crippen molar-refractivity contribution >= 4 is 11.9 Å². The van der Waals surface area contributed by atoms with Crippen molar-refractivity contribution in [2.45, 2.75) is 45.2 Å². The number of quaternary nitrogens is 2. The van der Waals surface area contributed by atoms with E-state index in [1.165, 1.54) is 22.3 Å². The zero-order chi connectivity index (χ0) is 38.6. The molecule has 5 rings (SSSR count). The van der Waals surface area contributed by atoms with E-state index in [0.29, 0.717) is 43.3 Å². The average Bonchev–Trinajstić information content (AvgIpc) is 3.18. The summed E-state index contributed by atoms with van der Waals surface area (Å²) in [6, 6.07) is 19.2. The lowest BCUT2D eigenvalue weighted by Gasteiger charge is -2.46. The molecule has 11 heteroatoms. The van der Waals surface area contributed by atoms with E-state index in [1.807, 2.05) is 18.2 Å². The Kier molecular flexibility index (Phi) is 14.4. The van der Waals surface area contributed by atoms with Crippen molar-refractivity contribution in [3.05, 3.63) is 94.6 Å². The van der Waals surface area contributed by atoms with Gasteiger partial charge in [0.2, 0.25) is 0 Å². The predicted molar refractivity (Wildman–Crippen MR) is 206 cm³/mol. The molecular formula is C43H58N2O9+2. The van der Waals surface area contributed by atoms with E-state index in [4.69, 9.17) is 33.2 Å². The van der Waals surface area contributed by atoms with E-state index >= 15 is 0 Å². The van der Waals surface area contributed by atoms with Crippen LogP contribution in [0.2, 0.25) is 0 Å². The number of ether oxygens (including phenoxy) is 7. The molecule has 0 bridgehead atoms. The number of esters is 2. The van der Waals surface area contributed by atoms with Gasteiger partial charge in [0.05, 0.1) is 81.5 Å². The minimum absolute atomic E-state index is 0.226. The number of carbonyl (C=O) groups excluding carboxylic acids is 2. The lowest BCUT2D eigenvalue weighted by molar-refractivity contribution is -0.947. The van der Waals surface area contributed by atoms with Crippen LogP contribution in [0.4, 0.5) is 0 Å². The van der Waals surface area contributed by atoms with Gasteiger partial charge in [0.15, 0.2) is 23.0 Å². The fourth-order valence-corrected chi connectivity index (χ4v) is 7.93. The molecule has 0 saturated carbocycles.